The first kappa shape index (κ1) is 21.3. The van der Waals surface area contributed by atoms with Gasteiger partial charge in [-0.2, -0.15) is 0 Å². The molecule has 29 heavy (non-hydrogen) atoms. The Kier molecular flexibility index (Phi) is 6.89. The van der Waals surface area contributed by atoms with E-state index in [2.05, 4.69) is 4.72 Å². The number of rotatable bonds is 7. The zero-order valence-electron chi connectivity index (χ0n) is 16.6. The van der Waals surface area contributed by atoms with Crippen molar-refractivity contribution in [3.05, 3.63) is 59.7 Å². The minimum absolute atomic E-state index is 0.107. The van der Waals surface area contributed by atoms with E-state index in [1.165, 1.54) is 12.1 Å². The second-order valence-corrected chi connectivity index (χ2v) is 8.75. The van der Waals surface area contributed by atoms with Crippen LogP contribution in [0.4, 0.5) is 0 Å². The van der Waals surface area contributed by atoms with E-state index >= 15 is 0 Å². The van der Waals surface area contributed by atoms with Gasteiger partial charge in [0.05, 0.1) is 18.1 Å². The molecule has 1 atom stereocenters. The number of nitrogens with zero attached hydrogens (tertiary/aromatic N) is 1. The molecule has 0 aromatic heterocycles. The van der Waals surface area contributed by atoms with E-state index in [9.17, 15) is 13.2 Å². The van der Waals surface area contributed by atoms with Crippen LogP contribution in [0.25, 0.3) is 0 Å². The molecule has 1 fully saturated rings. The SMILES string of the molecule is Cc1ccc(CNS(=O)(=O)c2ccc(O[C@@H](C)C(=O)N3CCOCC3)cc2)cc1. The molecule has 0 unspecified atom stereocenters. The number of aryl methyl sites for hydroxylation is 1. The highest BCUT2D eigenvalue weighted by Crippen LogP contribution is 2.18. The predicted octanol–water partition coefficient (Wildman–Crippen LogP) is 2.10. The lowest BCUT2D eigenvalue weighted by Crippen LogP contribution is -2.46. The van der Waals surface area contributed by atoms with Gasteiger partial charge in [0, 0.05) is 19.6 Å². The summed E-state index contributed by atoms with van der Waals surface area (Å²) in [6, 6.07) is 13.7. The van der Waals surface area contributed by atoms with Crippen LogP contribution in [0, 0.1) is 6.92 Å². The van der Waals surface area contributed by atoms with Crippen molar-refractivity contribution in [3.63, 3.8) is 0 Å². The summed E-state index contributed by atoms with van der Waals surface area (Å²) in [5.74, 6) is 0.335. The second-order valence-electron chi connectivity index (χ2n) is 6.98. The number of ether oxygens (including phenoxy) is 2. The largest absolute Gasteiger partial charge is 0.481 e. The molecule has 0 radical (unpaired) electrons. The van der Waals surface area contributed by atoms with E-state index in [1.54, 1.807) is 24.0 Å². The quantitative estimate of drug-likeness (QED) is 0.744. The van der Waals surface area contributed by atoms with Crippen LogP contribution in [-0.2, 0) is 26.1 Å². The summed E-state index contributed by atoms with van der Waals surface area (Å²) >= 11 is 0. The summed E-state index contributed by atoms with van der Waals surface area (Å²) in [5, 5.41) is 0. The minimum Gasteiger partial charge on any atom is -0.481 e. The molecular weight excluding hydrogens is 392 g/mol. The van der Waals surface area contributed by atoms with Gasteiger partial charge in [-0.3, -0.25) is 4.79 Å². The lowest BCUT2D eigenvalue weighted by Gasteiger charge is -2.29. The normalized spacial score (nSPS) is 15.7. The van der Waals surface area contributed by atoms with Crippen molar-refractivity contribution in [1.82, 2.24) is 9.62 Å². The van der Waals surface area contributed by atoms with E-state index < -0.39 is 16.1 Å². The lowest BCUT2D eigenvalue weighted by atomic mass is 10.2. The monoisotopic (exact) mass is 418 g/mol. The van der Waals surface area contributed by atoms with Crippen molar-refractivity contribution in [2.45, 2.75) is 31.4 Å². The zero-order valence-corrected chi connectivity index (χ0v) is 17.4. The number of sulfonamides is 1. The number of carbonyl (C=O) groups excluding carboxylic acids is 1. The summed E-state index contributed by atoms with van der Waals surface area (Å²) in [4.78, 5) is 14.3. The van der Waals surface area contributed by atoms with Crippen LogP contribution in [-0.4, -0.2) is 51.6 Å². The molecule has 1 amide bonds. The summed E-state index contributed by atoms with van der Waals surface area (Å²) < 4.78 is 38.5. The van der Waals surface area contributed by atoms with Crippen molar-refractivity contribution < 1.29 is 22.7 Å². The Morgan fingerprint density at radius 1 is 1.10 bits per heavy atom. The van der Waals surface area contributed by atoms with Crippen LogP contribution in [0.15, 0.2) is 53.4 Å². The standard InChI is InChI=1S/C21H26N2O5S/c1-16-3-5-18(6-4-16)15-22-29(25,26)20-9-7-19(8-10-20)28-17(2)21(24)23-11-13-27-14-12-23/h3-10,17,22H,11-15H2,1-2H3/t17-/m0/s1. The zero-order chi connectivity index (χ0) is 20.9. The number of amides is 1. The molecule has 2 aromatic carbocycles. The number of benzene rings is 2. The molecule has 0 spiro atoms. The molecule has 1 heterocycles. The van der Waals surface area contributed by atoms with Gasteiger partial charge >= 0.3 is 0 Å². The smallest absolute Gasteiger partial charge is 0.263 e. The number of hydrogen-bond acceptors (Lipinski definition) is 5. The van der Waals surface area contributed by atoms with Crippen molar-refractivity contribution in [2.75, 3.05) is 26.3 Å². The van der Waals surface area contributed by atoms with Crippen LogP contribution in [0.5, 0.6) is 5.75 Å². The predicted molar refractivity (Wildman–Crippen MR) is 109 cm³/mol. The minimum atomic E-state index is -3.64. The molecule has 156 valence electrons. The van der Waals surface area contributed by atoms with Crippen molar-refractivity contribution >= 4 is 15.9 Å². The topological polar surface area (TPSA) is 84.9 Å². The molecule has 3 rings (SSSR count). The highest BCUT2D eigenvalue weighted by atomic mass is 32.2. The van der Waals surface area contributed by atoms with E-state index in [1.807, 2.05) is 31.2 Å². The molecular formula is C21H26N2O5S. The van der Waals surface area contributed by atoms with E-state index in [4.69, 9.17) is 9.47 Å². The molecule has 8 heteroatoms. The number of morpholine rings is 1. The van der Waals surface area contributed by atoms with Crippen molar-refractivity contribution in [3.8, 4) is 5.75 Å². The first-order valence-electron chi connectivity index (χ1n) is 9.53. The Labute approximate surface area is 171 Å². The fraction of sp³-hybridized carbons (Fsp3) is 0.381. The van der Waals surface area contributed by atoms with Gasteiger partial charge in [-0.25, -0.2) is 13.1 Å². The summed E-state index contributed by atoms with van der Waals surface area (Å²) in [5.41, 5.74) is 2.00. The molecule has 0 saturated carbocycles. The fourth-order valence-corrected chi connectivity index (χ4v) is 3.98. The molecule has 7 nitrogen and oxygen atoms in total. The summed E-state index contributed by atoms with van der Waals surface area (Å²) in [6.45, 7) is 6.04. The van der Waals surface area contributed by atoms with Gasteiger partial charge in [0.2, 0.25) is 10.0 Å². The Morgan fingerprint density at radius 2 is 1.72 bits per heavy atom. The van der Waals surface area contributed by atoms with Gasteiger partial charge in [0.25, 0.3) is 5.91 Å². The van der Waals surface area contributed by atoms with E-state index in [0.717, 1.165) is 11.1 Å². The summed E-state index contributed by atoms with van der Waals surface area (Å²) in [7, 11) is -3.64. The third-order valence-electron chi connectivity index (χ3n) is 4.70. The first-order valence-corrected chi connectivity index (χ1v) is 11.0. The van der Waals surface area contributed by atoms with Gasteiger partial charge < -0.3 is 14.4 Å². The molecule has 1 aliphatic rings. The third-order valence-corrected chi connectivity index (χ3v) is 6.12. The van der Waals surface area contributed by atoms with Crippen LogP contribution >= 0.6 is 0 Å². The second kappa shape index (κ2) is 9.39. The number of carbonyl (C=O) groups is 1. The highest BCUT2D eigenvalue weighted by Gasteiger charge is 2.24. The fourth-order valence-electron chi connectivity index (χ4n) is 2.96. The molecule has 0 aliphatic carbocycles. The van der Waals surface area contributed by atoms with E-state index in [0.29, 0.717) is 32.1 Å². The molecule has 2 aromatic rings. The average molecular weight is 419 g/mol. The first-order chi connectivity index (χ1) is 13.8. The van der Waals surface area contributed by atoms with Gasteiger partial charge in [0.15, 0.2) is 6.10 Å². The molecule has 1 N–H and O–H groups in total. The Morgan fingerprint density at radius 3 is 2.34 bits per heavy atom. The maximum atomic E-state index is 12.5. The molecule has 1 aliphatic heterocycles. The van der Waals surface area contributed by atoms with Gasteiger partial charge in [-0.05, 0) is 43.7 Å². The van der Waals surface area contributed by atoms with Crippen LogP contribution in [0.1, 0.15) is 18.1 Å². The average Bonchev–Trinajstić information content (AvgIpc) is 2.74. The van der Waals surface area contributed by atoms with Crippen LogP contribution in [0.3, 0.4) is 0 Å². The Balaban J connectivity index is 1.58. The van der Waals surface area contributed by atoms with Crippen molar-refractivity contribution in [1.29, 1.82) is 0 Å². The maximum Gasteiger partial charge on any atom is 0.263 e. The van der Waals surface area contributed by atoms with Gasteiger partial charge in [-0.1, -0.05) is 29.8 Å². The number of nitrogens with one attached hydrogen (secondary N) is 1. The molecule has 0 bridgehead atoms. The van der Waals surface area contributed by atoms with Crippen molar-refractivity contribution in [2.24, 2.45) is 0 Å². The van der Waals surface area contributed by atoms with E-state index in [-0.39, 0.29) is 17.3 Å². The third kappa shape index (κ3) is 5.79. The Bertz CT molecular complexity index is 921. The van der Waals surface area contributed by atoms with Crippen LogP contribution < -0.4 is 9.46 Å². The highest BCUT2D eigenvalue weighted by molar-refractivity contribution is 7.89. The maximum absolute atomic E-state index is 12.5. The summed E-state index contributed by atoms with van der Waals surface area (Å²) in [6.07, 6.45) is -0.657. The van der Waals surface area contributed by atoms with Gasteiger partial charge in [-0.15, -0.1) is 0 Å². The number of hydrogen-bond donors (Lipinski definition) is 1. The molecule has 1 saturated heterocycles. The van der Waals surface area contributed by atoms with Crippen LogP contribution in [0.2, 0.25) is 0 Å². The lowest BCUT2D eigenvalue weighted by molar-refractivity contribution is -0.142. The van der Waals surface area contributed by atoms with Gasteiger partial charge in [0.1, 0.15) is 5.75 Å². The Hall–Kier alpha value is -2.42.